The summed E-state index contributed by atoms with van der Waals surface area (Å²) in [5.74, 6) is 1.56. The fourth-order valence-electron chi connectivity index (χ4n) is 2.92. The lowest BCUT2D eigenvalue weighted by molar-refractivity contribution is 0.398. The first kappa shape index (κ1) is 13.7. The van der Waals surface area contributed by atoms with Gasteiger partial charge in [0.15, 0.2) is 0 Å². The molecule has 0 aliphatic heterocycles. The SMILES string of the molecule is COc1ccc2c(c1)CCCC2Nc1cccnc1OC. The van der Waals surface area contributed by atoms with Crippen LogP contribution in [-0.2, 0) is 6.42 Å². The van der Waals surface area contributed by atoms with E-state index in [4.69, 9.17) is 9.47 Å². The van der Waals surface area contributed by atoms with E-state index in [1.807, 2.05) is 18.2 Å². The van der Waals surface area contributed by atoms with Gasteiger partial charge in [0.05, 0.1) is 25.9 Å². The van der Waals surface area contributed by atoms with Crippen molar-refractivity contribution in [1.29, 1.82) is 0 Å². The molecule has 0 saturated carbocycles. The van der Waals surface area contributed by atoms with E-state index in [-0.39, 0.29) is 6.04 Å². The third-order valence-electron chi connectivity index (χ3n) is 3.96. The second-order valence-corrected chi connectivity index (χ2v) is 5.21. The molecule has 1 atom stereocenters. The number of aryl methyl sites for hydroxylation is 1. The molecule has 0 radical (unpaired) electrons. The van der Waals surface area contributed by atoms with Gasteiger partial charge in [-0.1, -0.05) is 6.07 Å². The van der Waals surface area contributed by atoms with E-state index in [0.717, 1.165) is 24.3 Å². The van der Waals surface area contributed by atoms with Gasteiger partial charge in [-0.2, -0.15) is 0 Å². The number of benzene rings is 1. The summed E-state index contributed by atoms with van der Waals surface area (Å²) in [6.45, 7) is 0. The molecule has 1 aromatic heterocycles. The van der Waals surface area contributed by atoms with Crippen molar-refractivity contribution in [2.24, 2.45) is 0 Å². The lowest BCUT2D eigenvalue weighted by Crippen LogP contribution is -2.18. The summed E-state index contributed by atoms with van der Waals surface area (Å²) < 4.78 is 10.6. The van der Waals surface area contributed by atoms with Gasteiger partial charge in [-0.25, -0.2) is 4.98 Å². The molecule has 0 fully saturated rings. The maximum atomic E-state index is 5.32. The average molecular weight is 284 g/mol. The topological polar surface area (TPSA) is 43.4 Å². The van der Waals surface area contributed by atoms with Gasteiger partial charge in [-0.3, -0.25) is 0 Å². The van der Waals surface area contributed by atoms with Crippen LogP contribution in [-0.4, -0.2) is 19.2 Å². The predicted octanol–water partition coefficient (Wildman–Crippen LogP) is 3.59. The first-order valence-electron chi connectivity index (χ1n) is 7.24. The summed E-state index contributed by atoms with van der Waals surface area (Å²) in [6.07, 6.45) is 5.12. The minimum atomic E-state index is 0.290. The summed E-state index contributed by atoms with van der Waals surface area (Å²) in [4.78, 5) is 4.24. The Labute approximate surface area is 125 Å². The van der Waals surface area contributed by atoms with Crippen LogP contribution in [0.4, 0.5) is 5.69 Å². The Morgan fingerprint density at radius 3 is 2.90 bits per heavy atom. The largest absolute Gasteiger partial charge is 0.497 e. The Morgan fingerprint density at radius 2 is 2.10 bits per heavy atom. The van der Waals surface area contributed by atoms with Crippen molar-refractivity contribution in [3.8, 4) is 11.6 Å². The molecule has 0 saturated heterocycles. The van der Waals surface area contributed by atoms with Crippen molar-refractivity contribution >= 4 is 5.69 Å². The lowest BCUT2D eigenvalue weighted by atomic mass is 9.87. The number of rotatable bonds is 4. The molecule has 2 aromatic rings. The normalized spacial score (nSPS) is 17.0. The van der Waals surface area contributed by atoms with E-state index in [1.165, 1.54) is 17.5 Å². The molecule has 4 heteroatoms. The molecule has 4 nitrogen and oxygen atoms in total. The zero-order valence-corrected chi connectivity index (χ0v) is 12.4. The quantitative estimate of drug-likeness (QED) is 0.931. The lowest BCUT2D eigenvalue weighted by Gasteiger charge is -2.28. The smallest absolute Gasteiger partial charge is 0.237 e. The number of anilines is 1. The van der Waals surface area contributed by atoms with Gasteiger partial charge in [-0.15, -0.1) is 0 Å². The Balaban J connectivity index is 1.88. The molecule has 21 heavy (non-hydrogen) atoms. The molecule has 0 amide bonds. The van der Waals surface area contributed by atoms with E-state index >= 15 is 0 Å². The molecule has 1 heterocycles. The average Bonchev–Trinajstić information content (AvgIpc) is 2.55. The van der Waals surface area contributed by atoms with Crippen molar-refractivity contribution in [3.05, 3.63) is 47.7 Å². The Kier molecular flexibility index (Phi) is 3.95. The number of nitrogens with zero attached hydrogens (tertiary/aromatic N) is 1. The van der Waals surface area contributed by atoms with Gasteiger partial charge >= 0.3 is 0 Å². The second kappa shape index (κ2) is 6.04. The minimum Gasteiger partial charge on any atom is -0.497 e. The van der Waals surface area contributed by atoms with Crippen LogP contribution < -0.4 is 14.8 Å². The minimum absolute atomic E-state index is 0.290. The van der Waals surface area contributed by atoms with E-state index in [1.54, 1.807) is 20.4 Å². The third-order valence-corrected chi connectivity index (χ3v) is 3.96. The van der Waals surface area contributed by atoms with E-state index in [2.05, 4.69) is 22.4 Å². The van der Waals surface area contributed by atoms with Crippen molar-refractivity contribution in [2.75, 3.05) is 19.5 Å². The van der Waals surface area contributed by atoms with E-state index in [0.29, 0.717) is 5.88 Å². The van der Waals surface area contributed by atoms with Gasteiger partial charge in [0, 0.05) is 6.20 Å². The monoisotopic (exact) mass is 284 g/mol. The fourth-order valence-corrected chi connectivity index (χ4v) is 2.92. The highest BCUT2D eigenvalue weighted by Gasteiger charge is 2.21. The Bertz CT molecular complexity index is 628. The second-order valence-electron chi connectivity index (χ2n) is 5.21. The van der Waals surface area contributed by atoms with Crippen LogP contribution in [0.3, 0.4) is 0 Å². The van der Waals surface area contributed by atoms with Gasteiger partial charge in [-0.05, 0) is 54.7 Å². The number of hydrogen-bond acceptors (Lipinski definition) is 4. The number of hydrogen-bond donors (Lipinski definition) is 1. The van der Waals surface area contributed by atoms with Crippen molar-refractivity contribution in [1.82, 2.24) is 4.98 Å². The van der Waals surface area contributed by atoms with Crippen molar-refractivity contribution in [3.63, 3.8) is 0 Å². The van der Waals surface area contributed by atoms with Crippen LogP contribution in [0.5, 0.6) is 11.6 Å². The summed E-state index contributed by atoms with van der Waals surface area (Å²) in [6, 6.07) is 10.5. The van der Waals surface area contributed by atoms with Crippen LogP contribution in [0, 0.1) is 0 Å². The van der Waals surface area contributed by atoms with E-state index < -0.39 is 0 Å². The highest BCUT2D eigenvalue weighted by molar-refractivity contribution is 5.54. The highest BCUT2D eigenvalue weighted by Crippen LogP contribution is 2.35. The molecule has 1 N–H and O–H groups in total. The van der Waals surface area contributed by atoms with Gasteiger partial charge < -0.3 is 14.8 Å². The van der Waals surface area contributed by atoms with Crippen LogP contribution in [0.15, 0.2) is 36.5 Å². The molecule has 3 rings (SSSR count). The van der Waals surface area contributed by atoms with Gasteiger partial charge in [0.1, 0.15) is 5.75 Å². The molecule has 1 aliphatic carbocycles. The molecular formula is C17H20N2O2. The molecule has 0 bridgehead atoms. The number of methoxy groups -OCH3 is 2. The van der Waals surface area contributed by atoms with Crippen LogP contribution in [0.25, 0.3) is 0 Å². The Hall–Kier alpha value is -2.23. The molecular weight excluding hydrogens is 264 g/mol. The van der Waals surface area contributed by atoms with Gasteiger partial charge in [0.2, 0.25) is 5.88 Å². The molecule has 1 aromatic carbocycles. The first-order valence-corrected chi connectivity index (χ1v) is 7.24. The standard InChI is InChI=1S/C17H20N2O2/c1-20-13-8-9-14-12(11-13)5-3-6-15(14)19-16-7-4-10-18-17(16)21-2/h4,7-11,15,19H,3,5-6H2,1-2H3. The van der Waals surface area contributed by atoms with Gasteiger partial charge in [0.25, 0.3) is 0 Å². The third kappa shape index (κ3) is 2.79. The summed E-state index contributed by atoms with van der Waals surface area (Å²) in [5.41, 5.74) is 3.64. The van der Waals surface area contributed by atoms with E-state index in [9.17, 15) is 0 Å². The molecule has 1 unspecified atom stereocenters. The molecule has 0 spiro atoms. The summed E-state index contributed by atoms with van der Waals surface area (Å²) in [5, 5.41) is 3.57. The van der Waals surface area contributed by atoms with Crippen LogP contribution in [0.1, 0.15) is 30.0 Å². The Morgan fingerprint density at radius 1 is 1.19 bits per heavy atom. The van der Waals surface area contributed by atoms with Crippen molar-refractivity contribution in [2.45, 2.75) is 25.3 Å². The molecule has 110 valence electrons. The number of nitrogens with one attached hydrogen (secondary N) is 1. The summed E-state index contributed by atoms with van der Waals surface area (Å²) >= 11 is 0. The molecule has 1 aliphatic rings. The summed E-state index contributed by atoms with van der Waals surface area (Å²) in [7, 11) is 3.36. The maximum Gasteiger partial charge on any atom is 0.237 e. The predicted molar refractivity (Wildman–Crippen MR) is 83.1 cm³/mol. The number of aromatic nitrogens is 1. The van der Waals surface area contributed by atoms with Crippen molar-refractivity contribution < 1.29 is 9.47 Å². The highest BCUT2D eigenvalue weighted by atomic mass is 16.5. The maximum absolute atomic E-state index is 5.32. The first-order chi connectivity index (χ1) is 10.3. The van der Waals surface area contributed by atoms with Crippen LogP contribution >= 0.6 is 0 Å². The van der Waals surface area contributed by atoms with Crippen LogP contribution in [0.2, 0.25) is 0 Å². The zero-order chi connectivity index (χ0) is 14.7. The fraction of sp³-hybridized carbons (Fsp3) is 0.353. The zero-order valence-electron chi connectivity index (χ0n) is 12.4. The number of ether oxygens (including phenoxy) is 2. The number of pyridine rings is 1. The number of fused-ring (bicyclic) bond motifs is 1.